The topological polar surface area (TPSA) is 296 Å². The molecule has 4 saturated heterocycles. The average molecular weight is 1130 g/mol. The van der Waals surface area contributed by atoms with E-state index in [1.165, 1.54) is 14.0 Å². The molecule has 0 spiro atoms. The Morgan fingerprint density at radius 2 is 1.28 bits per heavy atom. The van der Waals surface area contributed by atoms with Crippen LogP contribution in [0.3, 0.4) is 0 Å². The average Bonchev–Trinajstić information content (AvgIpc) is 3.83. The van der Waals surface area contributed by atoms with Crippen molar-refractivity contribution < 1.29 is 107 Å². The molecule has 0 amide bonds. The zero-order chi connectivity index (χ0) is 57.0. The molecule has 4 aliphatic heterocycles. The van der Waals surface area contributed by atoms with Gasteiger partial charge in [-0.05, 0) is 108 Å². The molecule has 1 aromatic carbocycles. The Balaban J connectivity index is 0.824. The maximum atomic E-state index is 14.0. The third-order valence-corrected chi connectivity index (χ3v) is 20.0. The predicted molar refractivity (Wildman–Crippen MR) is 274 cm³/mol. The SMILES string of the molecule is CO[C@H]1[C@@H](O)[C@H](O[C@@H]2[C@@H](C)O[C@@H](O[C@H]3[C@@H](OC)C[C@H](O[C@H]4CC[C@@]5(C)[C@H](CC[C@@H]6[C@@H]5[C@H](OC(C)=O)[C@@H](OC(=O)c5ccccc5)[C@]5(C)[C@@H]([C@H](C)O)CC[C@]65O)C4)O[C@@H]3C)C[C@H]2OC)O[C@H](C)[C@H]1O[C@@H]1O[C@H](CO)[C@@H](O)[C@H](O)[C@H]1O. The van der Waals surface area contributed by atoms with Crippen molar-refractivity contribution >= 4 is 11.9 Å². The molecule has 4 aliphatic carbocycles. The van der Waals surface area contributed by atoms with Gasteiger partial charge in [-0.25, -0.2) is 4.79 Å². The Labute approximate surface area is 462 Å². The minimum absolute atomic E-state index is 0.106. The van der Waals surface area contributed by atoms with E-state index in [0.29, 0.717) is 50.5 Å². The first-order valence-electron chi connectivity index (χ1n) is 28.5. The standard InChI is InChI=1S/C57H88O22/c1-26(59)34-19-21-57(66)35-17-16-32-22-33(18-20-55(32,6)41(35)49(73-30(5)60)51(56(34,57)7)79-52(65)31-14-12-11-13-15-31)74-39-23-36(67-8)46(27(2)70-39)76-40-24-37(68-9)47(28(3)71-40)77-54-45(64)50(69-10)48(29(4)72-54)78-53-44(63)43(62)42(61)38(25-58)75-53/h11-15,26-29,32-51,53-54,58-59,61-64,66H,16-25H2,1-10H3/t26-,27+,28+,29+,32+,33-,34+,35+,36-,37+,38+,39-,40-,41+,42+,43-,44+,45+,46+,47+,48+,49-,50-,51+,53-,54-,55-,56-,57-/m0/s1. The van der Waals surface area contributed by atoms with Crippen LogP contribution in [0.4, 0.5) is 0 Å². The van der Waals surface area contributed by atoms with Crippen LogP contribution >= 0.6 is 0 Å². The Morgan fingerprint density at radius 3 is 1.89 bits per heavy atom. The Morgan fingerprint density at radius 1 is 0.671 bits per heavy atom. The van der Waals surface area contributed by atoms with Crippen LogP contribution in [0.2, 0.25) is 0 Å². The quantitative estimate of drug-likeness (QED) is 0.0923. The highest BCUT2D eigenvalue weighted by Crippen LogP contribution is 2.70. The van der Waals surface area contributed by atoms with Crippen molar-refractivity contribution in [2.45, 2.75) is 247 Å². The van der Waals surface area contributed by atoms with Crippen LogP contribution in [-0.2, 0) is 66.4 Å². The highest BCUT2D eigenvalue weighted by Gasteiger charge is 2.76. The van der Waals surface area contributed by atoms with Gasteiger partial charge in [0.05, 0.1) is 60.5 Å². The second-order valence-corrected chi connectivity index (χ2v) is 24.3. The van der Waals surface area contributed by atoms with Gasteiger partial charge in [0.2, 0.25) is 0 Å². The zero-order valence-corrected chi connectivity index (χ0v) is 47.2. The number of aliphatic hydroxyl groups excluding tert-OH is 6. The molecule has 0 aromatic heterocycles. The molecule has 448 valence electrons. The minimum atomic E-state index is -1.68. The van der Waals surface area contributed by atoms with Gasteiger partial charge in [0.1, 0.15) is 67.1 Å². The minimum Gasteiger partial charge on any atom is -0.458 e. The summed E-state index contributed by atoms with van der Waals surface area (Å²) in [6, 6.07) is 8.68. The van der Waals surface area contributed by atoms with Crippen LogP contribution in [0.5, 0.6) is 0 Å². The molecule has 1 aromatic rings. The summed E-state index contributed by atoms with van der Waals surface area (Å²) in [6.45, 7) is 12.0. The van der Waals surface area contributed by atoms with Gasteiger partial charge in [-0.3, -0.25) is 4.79 Å². The van der Waals surface area contributed by atoms with Gasteiger partial charge in [-0.2, -0.15) is 0 Å². The van der Waals surface area contributed by atoms with Crippen molar-refractivity contribution in [1.82, 2.24) is 0 Å². The lowest BCUT2D eigenvalue weighted by molar-refractivity contribution is -0.373. The molecular weight excluding hydrogens is 1040 g/mol. The summed E-state index contributed by atoms with van der Waals surface area (Å²) in [5.41, 5.74) is -2.53. The zero-order valence-electron chi connectivity index (χ0n) is 47.2. The summed E-state index contributed by atoms with van der Waals surface area (Å²) < 4.78 is 81.2. The number of carbonyl (C=O) groups excluding carboxylic acids is 2. The smallest absolute Gasteiger partial charge is 0.338 e. The first kappa shape index (κ1) is 61.0. The van der Waals surface area contributed by atoms with Crippen molar-refractivity contribution in [3.05, 3.63) is 35.9 Å². The van der Waals surface area contributed by atoms with Gasteiger partial charge in [0.25, 0.3) is 0 Å². The molecule has 4 saturated carbocycles. The van der Waals surface area contributed by atoms with E-state index in [4.69, 9.17) is 61.6 Å². The number of fused-ring (bicyclic) bond motifs is 5. The van der Waals surface area contributed by atoms with Gasteiger partial charge in [-0.15, -0.1) is 0 Å². The third kappa shape index (κ3) is 11.3. The lowest BCUT2D eigenvalue weighted by Gasteiger charge is -2.67. The number of hydrogen-bond acceptors (Lipinski definition) is 22. The normalized spacial score (nSPS) is 49.4. The number of benzene rings is 1. The summed E-state index contributed by atoms with van der Waals surface area (Å²) >= 11 is 0. The number of esters is 2. The van der Waals surface area contributed by atoms with Crippen LogP contribution in [0.1, 0.15) is 117 Å². The maximum Gasteiger partial charge on any atom is 0.338 e. The molecule has 9 rings (SSSR count). The number of ether oxygens (including phenoxy) is 13. The fourth-order valence-corrected chi connectivity index (χ4v) is 15.9. The third-order valence-electron chi connectivity index (χ3n) is 20.0. The molecule has 22 heteroatoms. The fraction of sp³-hybridized carbons (Fsp3) is 0.860. The van der Waals surface area contributed by atoms with E-state index in [0.717, 1.165) is 6.42 Å². The molecule has 22 nitrogen and oxygen atoms in total. The van der Waals surface area contributed by atoms with Crippen LogP contribution in [0.15, 0.2) is 30.3 Å². The highest BCUT2D eigenvalue weighted by molar-refractivity contribution is 5.89. The van der Waals surface area contributed by atoms with Crippen molar-refractivity contribution in [2.75, 3.05) is 27.9 Å². The van der Waals surface area contributed by atoms with Crippen molar-refractivity contribution in [1.29, 1.82) is 0 Å². The monoisotopic (exact) mass is 1120 g/mol. The number of aliphatic hydroxyl groups is 7. The van der Waals surface area contributed by atoms with Crippen molar-refractivity contribution in [2.24, 2.45) is 34.5 Å². The lowest BCUT2D eigenvalue weighted by atomic mass is 9.41. The number of hydrogen-bond donors (Lipinski definition) is 7. The lowest BCUT2D eigenvalue weighted by Crippen LogP contribution is -2.73. The fourth-order valence-electron chi connectivity index (χ4n) is 15.9. The molecule has 8 fully saturated rings. The molecule has 29 atom stereocenters. The maximum absolute atomic E-state index is 14.0. The number of methoxy groups -OCH3 is 3. The van der Waals surface area contributed by atoms with Gasteiger partial charge in [-0.1, -0.05) is 32.0 Å². The van der Waals surface area contributed by atoms with Gasteiger partial charge >= 0.3 is 11.9 Å². The molecular formula is C57H88O22. The molecule has 79 heavy (non-hydrogen) atoms. The van der Waals surface area contributed by atoms with E-state index in [2.05, 4.69) is 6.92 Å². The van der Waals surface area contributed by atoms with E-state index in [-0.39, 0.29) is 30.3 Å². The summed E-state index contributed by atoms with van der Waals surface area (Å²) in [4.78, 5) is 27.2. The molecule has 0 bridgehead atoms. The first-order chi connectivity index (χ1) is 37.5. The van der Waals surface area contributed by atoms with Gasteiger partial charge in [0.15, 0.2) is 25.2 Å². The van der Waals surface area contributed by atoms with Gasteiger partial charge in [0, 0.05) is 52.4 Å². The molecule has 0 unspecified atom stereocenters. The Kier molecular flexibility index (Phi) is 19.0. The summed E-state index contributed by atoms with van der Waals surface area (Å²) in [5.74, 6) is -2.04. The van der Waals surface area contributed by atoms with Gasteiger partial charge < -0.3 is 97.3 Å². The Bertz CT molecular complexity index is 2190. The summed E-state index contributed by atoms with van der Waals surface area (Å²) in [7, 11) is 4.53. The van der Waals surface area contributed by atoms with E-state index in [1.54, 1.807) is 59.3 Å². The van der Waals surface area contributed by atoms with Crippen LogP contribution in [-0.4, -0.2) is 216 Å². The summed E-state index contributed by atoms with van der Waals surface area (Å²) in [6.07, 6.45) is -15.9. The van der Waals surface area contributed by atoms with Crippen LogP contribution in [0.25, 0.3) is 0 Å². The van der Waals surface area contributed by atoms with E-state index in [1.807, 2.05) is 19.9 Å². The Hall–Kier alpha value is -2.56. The van der Waals surface area contributed by atoms with E-state index >= 15 is 0 Å². The highest BCUT2D eigenvalue weighted by atomic mass is 16.8. The molecule has 0 radical (unpaired) electrons. The second kappa shape index (κ2) is 24.6. The molecule has 4 heterocycles. The van der Waals surface area contributed by atoms with Crippen molar-refractivity contribution in [3.63, 3.8) is 0 Å². The molecule has 8 aliphatic rings. The second-order valence-electron chi connectivity index (χ2n) is 24.3. The van der Waals surface area contributed by atoms with Crippen LogP contribution < -0.4 is 0 Å². The van der Waals surface area contributed by atoms with E-state index in [9.17, 15) is 45.3 Å². The summed E-state index contributed by atoms with van der Waals surface area (Å²) in [5, 5.41) is 76.9. The number of rotatable bonds is 16. The largest absolute Gasteiger partial charge is 0.458 e. The van der Waals surface area contributed by atoms with E-state index < -0.39 is 170 Å². The number of carbonyl (C=O) groups is 2. The van der Waals surface area contributed by atoms with Crippen molar-refractivity contribution in [3.8, 4) is 0 Å². The predicted octanol–water partition coefficient (Wildman–Crippen LogP) is 2.28. The van der Waals surface area contributed by atoms with Crippen LogP contribution in [0, 0.1) is 34.5 Å². The molecule has 7 N–H and O–H groups in total. The first-order valence-corrected chi connectivity index (χ1v) is 28.5.